The smallest absolute Gasteiger partial charge is 0.306 e. The second-order valence-corrected chi connectivity index (χ2v) is 5.08. The van der Waals surface area contributed by atoms with Gasteiger partial charge in [0.15, 0.2) is 0 Å². The minimum Gasteiger partial charge on any atom is -0.481 e. The van der Waals surface area contributed by atoms with Crippen LogP contribution in [-0.4, -0.2) is 27.8 Å². The van der Waals surface area contributed by atoms with Gasteiger partial charge in [0.05, 0.1) is 5.92 Å². The number of carboxylic acid groups (broad SMARTS) is 1. The van der Waals surface area contributed by atoms with Crippen molar-refractivity contribution in [2.24, 2.45) is 17.6 Å². The molecule has 0 aromatic heterocycles. The van der Waals surface area contributed by atoms with Crippen molar-refractivity contribution in [2.75, 3.05) is 6.54 Å². The van der Waals surface area contributed by atoms with Crippen LogP contribution in [0.4, 0.5) is 0 Å². The summed E-state index contributed by atoms with van der Waals surface area (Å²) in [7, 11) is 0. The van der Waals surface area contributed by atoms with Crippen LogP contribution in [0.5, 0.6) is 0 Å². The fourth-order valence-corrected chi connectivity index (χ4v) is 2.20. The molecule has 0 aromatic rings. The van der Waals surface area contributed by atoms with Gasteiger partial charge in [-0.2, -0.15) is 0 Å². The highest BCUT2D eigenvalue weighted by molar-refractivity contribution is 6.33. The summed E-state index contributed by atoms with van der Waals surface area (Å²) in [5, 5.41) is 11.9. The molecule has 3 atom stereocenters. The number of rotatable bonds is 5. The molecular formula is C9H17Cl2N3O2. The largest absolute Gasteiger partial charge is 0.481 e. The average molecular weight is 270 g/mol. The van der Waals surface area contributed by atoms with E-state index < -0.39 is 12.3 Å². The first kappa shape index (κ1) is 14.0. The van der Waals surface area contributed by atoms with E-state index in [4.69, 9.17) is 34.4 Å². The van der Waals surface area contributed by atoms with Gasteiger partial charge in [-0.15, -0.1) is 0 Å². The predicted molar refractivity (Wildman–Crippen MR) is 62.6 cm³/mol. The number of nitrogens with one attached hydrogen (secondary N) is 1. The summed E-state index contributed by atoms with van der Waals surface area (Å²) in [6, 6.07) is 0. The van der Waals surface area contributed by atoms with Crippen LogP contribution in [0.2, 0.25) is 0 Å². The van der Waals surface area contributed by atoms with Crippen LogP contribution in [0.3, 0.4) is 0 Å². The molecule has 4 N–H and O–H groups in total. The van der Waals surface area contributed by atoms with Crippen molar-refractivity contribution < 1.29 is 9.90 Å². The number of hydrogen-bond acceptors (Lipinski definition) is 4. The van der Waals surface area contributed by atoms with Crippen LogP contribution in [0.15, 0.2) is 0 Å². The molecule has 0 saturated heterocycles. The highest BCUT2D eigenvalue weighted by atomic mass is 35.5. The summed E-state index contributed by atoms with van der Waals surface area (Å²) in [5.41, 5.74) is 5.56. The molecule has 1 unspecified atom stereocenters. The molecule has 16 heavy (non-hydrogen) atoms. The van der Waals surface area contributed by atoms with Gasteiger partial charge in [0, 0.05) is 6.54 Å². The van der Waals surface area contributed by atoms with Crippen LogP contribution in [0.1, 0.15) is 25.7 Å². The van der Waals surface area contributed by atoms with Gasteiger partial charge in [-0.25, -0.2) is 0 Å². The third-order valence-corrected chi connectivity index (χ3v) is 3.38. The second-order valence-electron chi connectivity index (χ2n) is 4.18. The summed E-state index contributed by atoms with van der Waals surface area (Å²) in [5.74, 6) is -0.598. The van der Waals surface area contributed by atoms with E-state index in [2.05, 4.69) is 5.32 Å². The third-order valence-electron chi connectivity index (χ3n) is 2.96. The summed E-state index contributed by atoms with van der Waals surface area (Å²) in [6.07, 6.45) is 2.82. The zero-order valence-electron chi connectivity index (χ0n) is 8.90. The topological polar surface area (TPSA) is 78.6 Å². The summed E-state index contributed by atoms with van der Waals surface area (Å²) < 4.78 is 0.845. The maximum absolute atomic E-state index is 10.9. The van der Waals surface area contributed by atoms with Crippen LogP contribution in [0, 0.1) is 11.8 Å². The number of aliphatic carboxylic acids is 1. The van der Waals surface area contributed by atoms with Crippen molar-refractivity contribution in [3.05, 3.63) is 0 Å². The zero-order valence-corrected chi connectivity index (χ0v) is 10.4. The minimum absolute atomic E-state index is 0.222. The van der Waals surface area contributed by atoms with Gasteiger partial charge in [-0.05, 0) is 48.7 Å². The number of carboxylic acids is 1. The van der Waals surface area contributed by atoms with Crippen molar-refractivity contribution in [1.82, 2.24) is 9.25 Å². The lowest BCUT2D eigenvalue weighted by atomic mass is 9.81. The molecule has 1 aliphatic carbocycles. The van der Waals surface area contributed by atoms with Gasteiger partial charge in [0.25, 0.3) is 0 Å². The summed E-state index contributed by atoms with van der Waals surface area (Å²) in [6.45, 7) is 0.640. The number of halogens is 2. The van der Waals surface area contributed by atoms with E-state index in [1.54, 1.807) is 0 Å². The molecule has 0 spiro atoms. The maximum atomic E-state index is 10.9. The number of carbonyl (C=O) groups is 1. The van der Waals surface area contributed by atoms with Crippen LogP contribution in [-0.2, 0) is 4.79 Å². The molecule has 94 valence electrons. The van der Waals surface area contributed by atoms with Crippen molar-refractivity contribution >= 4 is 29.5 Å². The summed E-state index contributed by atoms with van der Waals surface area (Å²) >= 11 is 10.9. The molecule has 1 rings (SSSR count). The molecule has 1 saturated carbocycles. The molecule has 1 aliphatic rings. The molecule has 0 amide bonds. The Morgan fingerprint density at radius 2 is 2.25 bits per heavy atom. The van der Waals surface area contributed by atoms with E-state index in [0.29, 0.717) is 18.9 Å². The Bertz CT molecular complexity index is 241. The number of nitrogens with two attached hydrogens (primary N) is 1. The Morgan fingerprint density at radius 3 is 2.81 bits per heavy atom. The predicted octanol–water partition coefficient (Wildman–Crippen LogP) is 1.32. The fraction of sp³-hybridized carbons (Fsp3) is 0.889. The number of hydrogen-bond donors (Lipinski definition) is 3. The van der Waals surface area contributed by atoms with Gasteiger partial charge in [-0.3, -0.25) is 10.1 Å². The zero-order chi connectivity index (χ0) is 12.1. The van der Waals surface area contributed by atoms with E-state index in [1.165, 1.54) is 0 Å². The lowest BCUT2D eigenvalue weighted by molar-refractivity contribution is -0.143. The van der Waals surface area contributed by atoms with E-state index in [9.17, 15) is 4.79 Å². The molecule has 0 bridgehead atoms. The molecule has 7 heteroatoms. The molecular weight excluding hydrogens is 253 g/mol. The van der Waals surface area contributed by atoms with E-state index in [0.717, 1.165) is 23.2 Å². The normalized spacial score (nSPS) is 28.0. The standard InChI is InChI=1S/C9H17Cl2N3O2/c10-14(11)9(12)13-5-6-2-1-3-7(4-6)8(15)16/h6-7,9,13H,1-5,12H2,(H,15,16)/t6-,7+,9?/m0/s1. The molecule has 1 fully saturated rings. The quantitative estimate of drug-likeness (QED) is 0.518. The lowest BCUT2D eigenvalue weighted by Crippen LogP contribution is -2.46. The van der Waals surface area contributed by atoms with Crippen molar-refractivity contribution in [3.63, 3.8) is 0 Å². The highest BCUT2D eigenvalue weighted by Gasteiger charge is 2.27. The van der Waals surface area contributed by atoms with Crippen LogP contribution >= 0.6 is 23.6 Å². The van der Waals surface area contributed by atoms with Gasteiger partial charge in [0.2, 0.25) is 0 Å². The van der Waals surface area contributed by atoms with Gasteiger partial charge >= 0.3 is 5.97 Å². The number of nitrogens with zero attached hydrogens (tertiary/aromatic N) is 1. The fourth-order valence-electron chi connectivity index (χ4n) is 2.06. The Kier molecular flexibility index (Phi) is 5.78. The van der Waals surface area contributed by atoms with Gasteiger partial charge < -0.3 is 10.8 Å². The monoisotopic (exact) mass is 269 g/mol. The van der Waals surface area contributed by atoms with Crippen molar-refractivity contribution in [3.8, 4) is 0 Å². The lowest BCUT2D eigenvalue weighted by Gasteiger charge is -2.28. The molecule has 0 heterocycles. The van der Waals surface area contributed by atoms with Crippen molar-refractivity contribution in [2.45, 2.75) is 32.0 Å². The molecule has 0 radical (unpaired) electrons. The first-order chi connectivity index (χ1) is 7.50. The maximum Gasteiger partial charge on any atom is 0.306 e. The Balaban J connectivity index is 2.29. The minimum atomic E-state index is -0.703. The third kappa shape index (κ3) is 4.43. The summed E-state index contributed by atoms with van der Waals surface area (Å²) in [4.78, 5) is 10.9. The highest BCUT2D eigenvalue weighted by Crippen LogP contribution is 2.28. The molecule has 5 nitrogen and oxygen atoms in total. The van der Waals surface area contributed by atoms with E-state index in [-0.39, 0.29) is 5.92 Å². The van der Waals surface area contributed by atoms with Gasteiger partial charge in [-0.1, -0.05) is 10.4 Å². The van der Waals surface area contributed by atoms with Crippen LogP contribution in [0.25, 0.3) is 0 Å². The van der Waals surface area contributed by atoms with Crippen LogP contribution < -0.4 is 11.1 Å². The Hall–Kier alpha value is -0.0700. The van der Waals surface area contributed by atoms with Gasteiger partial charge in [0.1, 0.15) is 6.29 Å². The Morgan fingerprint density at radius 1 is 1.56 bits per heavy atom. The van der Waals surface area contributed by atoms with E-state index in [1.807, 2.05) is 0 Å². The molecule has 0 aliphatic heterocycles. The molecule has 0 aromatic carbocycles. The SMILES string of the molecule is NC(NC[C@H]1CCC[C@@H](C(=O)O)C1)N(Cl)Cl. The van der Waals surface area contributed by atoms with E-state index >= 15 is 0 Å². The average Bonchev–Trinajstić information content (AvgIpc) is 2.26. The Labute approximate surface area is 105 Å². The first-order valence-electron chi connectivity index (χ1n) is 5.33. The second kappa shape index (κ2) is 6.61. The first-order valence-corrected chi connectivity index (χ1v) is 6.01. The van der Waals surface area contributed by atoms with Crippen molar-refractivity contribution in [1.29, 1.82) is 0 Å².